The topological polar surface area (TPSA) is 44.3 Å². The van der Waals surface area contributed by atoms with E-state index < -0.39 is 0 Å². The molecule has 1 aliphatic carbocycles. The Morgan fingerprint density at radius 3 is 2.88 bits per heavy atom. The van der Waals surface area contributed by atoms with E-state index in [1.807, 2.05) is 0 Å². The van der Waals surface area contributed by atoms with Gasteiger partial charge in [-0.3, -0.25) is 0 Å². The largest absolute Gasteiger partial charge is 0.391 e. The van der Waals surface area contributed by atoms with Crippen LogP contribution in [0, 0.1) is 5.92 Å². The minimum atomic E-state index is -0.145. The van der Waals surface area contributed by atoms with Gasteiger partial charge in [0.25, 0.3) is 0 Å². The normalized spacial score (nSPS) is 46.1. The first-order valence-corrected chi connectivity index (χ1v) is 8.80. The lowest BCUT2D eigenvalue weighted by Crippen LogP contribution is -2.42. The van der Waals surface area contributed by atoms with Crippen molar-refractivity contribution >= 4 is 23.5 Å². The molecule has 2 saturated heterocycles. The Morgan fingerprint density at radius 1 is 1.18 bits per heavy atom. The molecule has 3 nitrogen and oxygen atoms in total. The van der Waals surface area contributed by atoms with Crippen LogP contribution in [0.1, 0.15) is 12.8 Å². The van der Waals surface area contributed by atoms with Gasteiger partial charge in [-0.15, -0.1) is 0 Å². The van der Waals surface area contributed by atoms with Gasteiger partial charge in [0, 0.05) is 53.6 Å². The number of β-amino-alcohol motifs (C(OH)–C–C–N with tert-alkyl or cyclic N) is 1. The fourth-order valence-electron chi connectivity index (χ4n) is 3.17. The zero-order chi connectivity index (χ0) is 11.7. The Hall–Kier alpha value is 0.580. The Balaban J connectivity index is 1.48. The lowest BCUT2D eigenvalue weighted by molar-refractivity contribution is 0.145. The number of hydrogen-bond acceptors (Lipinski definition) is 5. The first kappa shape index (κ1) is 12.6. The molecule has 2 aliphatic heterocycles. The second-order valence-electron chi connectivity index (χ2n) is 5.32. The average molecular weight is 274 g/mol. The van der Waals surface area contributed by atoms with E-state index in [9.17, 15) is 5.11 Å². The Kier molecular flexibility index (Phi) is 4.22. The van der Waals surface area contributed by atoms with Gasteiger partial charge in [-0.1, -0.05) is 0 Å². The van der Waals surface area contributed by atoms with Crippen LogP contribution >= 0.6 is 23.5 Å². The van der Waals surface area contributed by atoms with Gasteiger partial charge >= 0.3 is 0 Å². The van der Waals surface area contributed by atoms with Gasteiger partial charge in [0.2, 0.25) is 0 Å². The number of nitrogens with one attached hydrogen (secondary N) is 2. The van der Waals surface area contributed by atoms with Gasteiger partial charge in [0.1, 0.15) is 0 Å². The van der Waals surface area contributed by atoms with Crippen LogP contribution in [0.3, 0.4) is 0 Å². The fourth-order valence-corrected chi connectivity index (χ4v) is 6.48. The summed E-state index contributed by atoms with van der Waals surface area (Å²) in [6.07, 6.45) is 2.56. The molecule has 0 radical (unpaired) electrons. The minimum absolute atomic E-state index is 0.145. The number of rotatable bonds is 3. The smallest absolute Gasteiger partial charge is 0.0716 e. The Labute approximate surface area is 112 Å². The summed E-state index contributed by atoms with van der Waals surface area (Å²) in [5.41, 5.74) is 0. The third kappa shape index (κ3) is 2.78. The molecule has 0 spiro atoms. The van der Waals surface area contributed by atoms with Gasteiger partial charge in [-0.25, -0.2) is 0 Å². The van der Waals surface area contributed by atoms with E-state index in [4.69, 9.17) is 0 Å². The molecule has 0 aromatic carbocycles. The van der Waals surface area contributed by atoms with Gasteiger partial charge in [0.15, 0.2) is 0 Å². The van der Waals surface area contributed by atoms with Crippen LogP contribution in [-0.4, -0.2) is 58.9 Å². The molecule has 3 aliphatic rings. The summed E-state index contributed by atoms with van der Waals surface area (Å²) in [6.45, 7) is 2.72. The molecule has 3 N–H and O–H groups in total. The number of aliphatic hydroxyl groups is 1. The van der Waals surface area contributed by atoms with E-state index in [1.54, 1.807) is 0 Å². The molecule has 17 heavy (non-hydrogen) atoms. The van der Waals surface area contributed by atoms with Gasteiger partial charge in [-0.2, -0.15) is 23.5 Å². The summed E-state index contributed by atoms with van der Waals surface area (Å²) < 4.78 is 0. The summed E-state index contributed by atoms with van der Waals surface area (Å²) in [5.74, 6) is 3.07. The van der Waals surface area contributed by atoms with Crippen LogP contribution in [0.2, 0.25) is 0 Å². The van der Waals surface area contributed by atoms with Crippen LogP contribution in [0.15, 0.2) is 0 Å². The van der Waals surface area contributed by atoms with Crippen LogP contribution in [0.4, 0.5) is 0 Å². The van der Waals surface area contributed by atoms with Crippen molar-refractivity contribution in [1.29, 1.82) is 0 Å². The van der Waals surface area contributed by atoms with E-state index in [2.05, 4.69) is 34.2 Å². The van der Waals surface area contributed by atoms with Crippen LogP contribution in [0.5, 0.6) is 0 Å². The molecule has 1 saturated carbocycles. The van der Waals surface area contributed by atoms with Crippen molar-refractivity contribution in [3.05, 3.63) is 0 Å². The summed E-state index contributed by atoms with van der Waals surface area (Å²) in [7, 11) is 0. The van der Waals surface area contributed by atoms with E-state index in [0.717, 1.165) is 30.1 Å². The summed E-state index contributed by atoms with van der Waals surface area (Å²) >= 11 is 4.34. The summed E-state index contributed by atoms with van der Waals surface area (Å²) in [4.78, 5) is 0. The van der Waals surface area contributed by atoms with Crippen molar-refractivity contribution in [2.45, 2.75) is 35.5 Å². The highest BCUT2D eigenvalue weighted by molar-refractivity contribution is 8.07. The van der Waals surface area contributed by atoms with E-state index in [0.29, 0.717) is 12.0 Å². The van der Waals surface area contributed by atoms with Crippen LogP contribution in [-0.2, 0) is 0 Å². The number of fused-ring (bicyclic) bond motifs is 1. The highest BCUT2D eigenvalue weighted by atomic mass is 32.2. The molecular formula is C12H22N2OS2. The molecular weight excluding hydrogens is 252 g/mol. The van der Waals surface area contributed by atoms with Crippen molar-refractivity contribution in [3.8, 4) is 0 Å². The van der Waals surface area contributed by atoms with Gasteiger partial charge < -0.3 is 15.7 Å². The highest BCUT2D eigenvalue weighted by Gasteiger charge is 2.39. The lowest BCUT2D eigenvalue weighted by atomic mass is 10.1. The number of hydrogen-bond donors (Lipinski definition) is 3. The monoisotopic (exact) mass is 274 g/mol. The maximum Gasteiger partial charge on any atom is 0.0716 e. The summed E-state index contributed by atoms with van der Waals surface area (Å²) in [5, 5.41) is 18.5. The Morgan fingerprint density at radius 2 is 2.06 bits per heavy atom. The quantitative estimate of drug-likeness (QED) is 0.701. The predicted molar refractivity (Wildman–Crippen MR) is 75.9 cm³/mol. The molecule has 0 bridgehead atoms. The Bertz CT molecular complexity index is 267. The van der Waals surface area contributed by atoms with Crippen molar-refractivity contribution in [2.75, 3.05) is 31.1 Å². The van der Waals surface area contributed by atoms with E-state index in [1.165, 1.54) is 24.3 Å². The molecule has 3 fully saturated rings. The molecule has 5 heteroatoms. The van der Waals surface area contributed by atoms with Crippen molar-refractivity contribution < 1.29 is 5.11 Å². The average Bonchev–Trinajstić information content (AvgIpc) is 2.93. The predicted octanol–water partition coefficient (Wildman–Crippen LogP) is 0.536. The second-order valence-corrected chi connectivity index (χ2v) is 7.96. The first-order valence-electron chi connectivity index (χ1n) is 6.70. The SMILES string of the molecule is OC1CNCC1CNC1CCC2SCCSC12. The third-order valence-electron chi connectivity index (χ3n) is 4.20. The molecule has 98 valence electrons. The van der Waals surface area contributed by atoms with E-state index in [-0.39, 0.29) is 6.10 Å². The number of thioether (sulfide) groups is 2. The van der Waals surface area contributed by atoms with Crippen molar-refractivity contribution in [3.63, 3.8) is 0 Å². The molecule has 0 aromatic heterocycles. The first-order chi connectivity index (χ1) is 8.34. The molecule has 0 amide bonds. The lowest BCUT2D eigenvalue weighted by Gasteiger charge is -2.29. The zero-order valence-corrected chi connectivity index (χ0v) is 11.7. The molecule has 5 unspecified atom stereocenters. The van der Waals surface area contributed by atoms with Crippen molar-refractivity contribution in [1.82, 2.24) is 10.6 Å². The molecule has 0 aromatic rings. The minimum Gasteiger partial charge on any atom is -0.391 e. The summed E-state index contributed by atoms with van der Waals surface area (Å²) in [6, 6.07) is 0.686. The maximum absolute atomic E-state index is 9.78. The molecule has 5 atom stereocenters. The second kappa shape index (κ2) is 5.70. The molecule has 2 heterocycles. The molecule has 3 rings (SSSR count). The van der Waals surface area contributed by atoms with Crippen LogP contribution < -0.4 is 10.6 Å². The van der Waals surface area contributed by atoms with E-state index >= 15 is 0 Å². The van der Waals surface area contributed by atoms with Crippen LogP contribution in [0.25, 0.3) is 0 Å². The van der Waals surface area contributed by atoms with Crippen molar-refractivity contribution in [2.24, 2.45) is 5.92 Å². The number of aliphatic hydroxyl groups excluding tert-OH is 1. The van der Waals surface area contributed by atoms with Gasteiger partial charge in [0.05, 0.1) is 6.10 Å². The van der Waals surface area contributed by atoms with Gasteiger partial charge in [-0.05, 0) is 12.8 Å². The highest BCUT2D eigenvalue weighted by Crippen LogP contribution is 2.41. The third-order valence-corrected chi connectivity index (χ3v) is 7.51. The maximum atomic E-state index is 9.78. The standard InChI is InChI=1S/C12H22N2OS2/c15-10-7-13-5-8(10)6-14-9-1-2-11-12(9)17-4-3-16-11/h8-15H,1-7H2. The fraction of sp³-hybridized carbons (Fsp3) is 1.00. The zero-order valence-electron chi connectivity index (χ0n) is 10.1.